The van der Waals surface area contributed by atoms with Gasteiger partial charge < -0.3 is 16.8 Å². The van der Waals surface area contributed by atoms with Crippen LogP contribution in [0.25, 0.3) is 0 Å². The molecule has 0 bridgehead atoms. The fourth-order valence-corrected chi connectivity index (χ4v) is 2.61. The van der Waals surface area contributed by atoms with E-state index in [4.69, 9.17) is 11.5 Å². The van der Waals surface area contributed by atoms with Crippen LogP contribution in [0.15, 0.2) is 24.3 Å². The van der Waals surface area contributed by atoms with E-state index in [2.05, 4.69) is 5.32 Å². The van der Waals surface area contributed by atoms with Crippen molar-refractivity contribution in [2.24, 2.45) is 17.4 Å². The molecule has 2 amide bonds. The maximum Gasteiger partial charge on any atom is 0.238 e. The van der Waals surface area contributed by atoms with Crippen LogP contribution >= 0.6 is 0 Å². The molecule has 1 aliphatic rings. The number of primary amides is 1. The predicted octanol–water partition coefficient (Wildman–Crippen LogP) is 0.281. The van der Waals surface area contributed by atoms with Gasteiger partial charge in [-0.3, -0.25) is 14.5 Å². The molecule has 6 heteroatoms. The van der Waals surface area contributed by atoms with E-state index >= 15 is 0 Å². The number of nitrogens with one attached hydrogen (secondary N) is 1. The van der Waals surface area contributed by atoms with Crippen LogP contribution in [0.5, 0.6) is 0 Å². The summed E-state index contributed by atoms with van der Waals surface area (Å²) in [7, 11) is 0. The van der Waals surface area contributed by atoms with E-state index in [1.165, 1.54) is 0 Å². The van der Waals surface area contributed by atoms with Crippen molar-refractivity contribution in [1.82, 2.24) is 4.90 Å². The molecule has 1 unspecified atom stereocenters. The van der Waals surface area contributed by atoms with Gasteiger partial charge in [0.15, 0.2) is 0 Å². The SMILES string of the molecule is NCc1cccc(NC(=O)CN2CCCC(C(N)=O)C2)c1. The molecule has 1 heterocycles. The highest BCUT2D eigenvalue weighted by molar-refractivity contribution is 5.92. The average Bonchev–Trinajstić information content (AvgIpc) is 2.47. The molecule has 0 saturated carbocycles. The molecule has 1 saturated heterocycles. The van der Waals surface area contributed by atoms with Crippen LogP contribution in [0.3, 0.4) is 0 Å². The summed E-state index contributed by atoms with van der Waals surface area (Å²) in [6.45, 7) is 2.10. The third-order valence-corrected chi connectivity index (χ3v) is 3.72. The standard InChI is InChI=1S/C15H22N4O2/c16-8-11-3-1-5-13(7-11)18-14(20)10-19-6-2-4-12(9-19)15(17)21/h1,3,5,7,12H,2,4,6,8-10,16H2,(H2,17,21)(H,18,20). The van der Waals surface area contributed by atoms with E-state index in [1.807, 2.05) is 29.2 Å². The van der Waals surface area contributed by atoms with Gasteiger partial charge in [0, 0.05) is 18.8 Å². The highest BCUT2D eigenvalue weighted by atomic mass is 16.2. The third kappa shape index (κ3) is 4.54. The molecule has 2 rings (SSSR count). The van der Waals surface area contributed by atoms with Gasteiger partial charge in [-0.15, -0.1) is 0 Å². The lowest BCUT2D eigenvalue weighted by atomic mass is 9.97. The number of rotatable bonds is 5. The molecule has 0 spiro atoms. The predicted molar refractivity (Wildman–Crippen MR) is 81.3 cm³/mol. The Morgan fingerprint density at radius 3 is 2.90 bits per heavy atom. The van der Waals surface area contributed by atoms with Crippen molar-refractivity contribution in [3.63, 3.8) is 0 Å². The summed E-state index contributed by atoms with van der Waals surface area (Å²) in [5.74, 6) is -0.517. The first-order valence-electron chi connectivity index (χ1n) is 7.19. The Morgan fingerprint density at radius 2 is 2.19 bits per heavy atom. The van der Waals surface area contributed by atoms with Crippen LogP contribution in [-0.2, 0) is 16.1 Å². The van der Waals surface area contributed by atoms with Crippen LogP contribution in [-0.4, -0.2) is 36.3 Å². The lowest BCUT2D eigenvalue weighted by Crippen LogP contribution is -2.44. The molecule has 0 aliphatic carbocycles. The van der Waals surface area contributed by atoms with Crippen molar-refractivity contribution in [2.45, 2.75) is 19.4 Å². The molecule has 21 heavy (non-hydrogen) atoms. The molecule has 1 aliphatic heterocycles. The Bertz CT molecular complexity index is 518. The Labute approximate surface area is 124 Å². The zero-order valence-corrected chi connectivity index (χ0v) is 12.0. The summed E-state index contributed by atoms with van der Waals surface area (Å²) >= 11 is 0. The zero-order chi connectivity index (χ0) is 15.2. The topological polar surface area (TPSA) is 101 Å². The number of carbonyl (C=O) groups excluding carboxylic acids is 2. The van der Waals surface area contributed by atoms with Crippen LogP contribution < -0.4 is 16.8 Å². The molecule has 0 aromatic heterocycles. The van der Waals surface area contributed by atoms with Gasteiger partial charge in [0.25, 0.3) is 0 Å². The normalized spacial score (nSPS) is 19.2. The average molecular weight is 290 g/mol. The molecule has 0 radical (unpaired) electrons. The number of benzene rings is 1. The van der Waals surface area contributed by atoms with Crippen molar-refractivity contribution in [3.05, 3.63) is 29.8 Å². The second kappa shape index (κ2) is 7.19. The maximum atomic E-state index is 12.1. The van der Waals surface area contributed by atoms with E-state index in [9.17, 15) is 9.59 Å². The first-order valence-corrected chi connectivity index (χ1v) is 7.19. The Balaban J connectivity index is 1.87. The van der Waals surface area contributed by atoms with Gasteiger partial charge in [0.2, 0.25) is 11.8 Å². The maximum absolute atomic E-state index is 12.1. The minimum absolute atomic E-state index is 0.0886. The van der Waals surface area contributed by atoms with Crippen LogP contribution in [0.4, 0.5) is 5.69 Å². The van der Waals surface area contributed by atoms with E-state index in [1.54, 1.807) is 0 Å². The summed E-state index contributed by atoms with van der Waals surface area (Å²) in [6.07, 6.45) is 1.70. The molecule has 1 fully saturated rings. The van der Waals surface area contributed by atoms with Gasteiger partial charge in [0.1, 0.15) is 0 Å². The fourth-order valence-electron chi connectivity index (χ4n) is 2.61. The number of hydrogen-bond acceptors (Lipinski definition) is 4. The van der Waals surface area contributed by atoms with E-state index in [0.29, 0.717) is 13.1 Å². The number of anilines is 1. The van der Waals surface area contributed by atoms with Gasteiger partial charge in [-0.25, -0.2) is 0 Å². The molecule has 114 valence electrons. The molecule has 5 N–H and O–H groups in total. The first kappa shape index (κ1) is 15.5. The molecule has 1 aromatic rings. The third-order valence-electron chi connectivity index (χ3n) is 3.72. The molecule has 1 aromatic carbocycles. The molecular formula is C15H22N4O2. The summed E-state index contributed by atoms with van der Waals surface area (Å²) in [5.41, 5.74) is 12.6. The zero-order valence-electron chi connectivity index (χ0n) is 12.0. The smallest absolute Gasteiger partial charge is 0.238 e. The van der Waals surface area contributed by atoms with Gasteiger partial charge in [-0.05, 0) is 37.1 Å². The van der Waals surface area contributed by atoms with Crippen LogP contribution in [0.1, 0.15) is 18.4 Å². The number of nitrogens with two attached hydrogens (primary N) is 2. The Hall–Kier alpha value is -1.92. The molecule has 1 atom stereocenters. The minimum atomic E-state index is -0.282. The van der Waals surface area contributed by atoms with Crippen LogP contribution in [0, 0.1) is 5.92 Å². The van der Waals surface area contributed by atoms with Crippen molar-refractivity contribution in [1.29, 1.82) is 0 Å². The number of hydrogen-bond donors (Lipinski definition) is 3. The van der Waals surface area contributed by atoms with Crippen molar-refractivity contribution >= 4 is 17.5 Å². The van der Waals surface area contributed by atoms with Crippen molar-refractivity contribution in [2.75, 3.05) is 25.0 Å². The number of carbonyl (C=O) groups is 2. The monoisotopic (exact) mass is 290 g/mol. The molecule has 6 nitrogen and oxygen atoms in total. The minimum Gasteiger partial charge on any atom is -0.369 e. The van der Waals surface area contributed by atoms with Gasteiger partial charge >= 0.3 is 0 Å². The highest BCUT2D eigenvalue weighted by Crippen LogP contribution is 2.16. The van der Waals surface area contributed by atoms with E-state index < -0.39 is 0 Å². The second-order valence-corrected chi connectivity index (χ2v) is 5.43. The Morgan fingerprint density at radius 1 is 1.38 bits per heavy atom. The fraction of sp³-hybridized carbons (Fsp3) is 0.467. The Kier molecular flexibility index (Phi) is 5.30. The van der Waals surface area contributed by atoms with E-state index in [0.717, 1.165) is 30.6 Å². The molecular weight excluding hydrogens is 268 g/mol. The second-order valence-electron chi connectivity index (χ2n) is 5.43. The summed E-state index contributed by atoms with van der Waals surface area (Å²) in [5, 5.41) is 2.86. The number of likely N-dealkylation sites (tertiary alicyclic amines) is 1. The summed E-state index contributed by atoms with van der Waals surface area (Å²) in [6, 6.07) is 7.47. The highest BCUT2D eigenvalue weighted by Gasteiger charge is 2.25. The van der Waals surface area contributed by atoms with Crippen molar-refractivity contribution in [3.8, 4) is 0 Å². The van der Waals surface area contributed by atoms with Crippen molar-refractivity contribution < 1.29 is 9.59 Å². The summed E-state index contributed by atoms with van der Waals surface area (Å²) in [4.78, 5) is 25.3. The quantitative estimate of drug-likeness (QED) is 0.725. The number of piperidine rings is 1. The summed E-state index contributed by atoms with van der Waals surface area (Å²) < 4.78 is 0. The lowest BCUT2D eigenvalue weighted by molar-refractivity contribution is -0.125. The van der Waals surface area contributed by atoms with Gasteiger partial charge in [-0.2, -0.15) is 0 Å². The van der Waals surface area contributed by atoms with Crippen LogP contribution in [0.2, 0.25) is 0 Å². The van der Waals surface area contributed by atoms with Gasteiger partial charge in [-0.1, -0.05) is 12.1 Å². The number of amides is 2. The lowest BCUT2D eigenvalue weighted by Gasteiger charge is -2.30. The van der Waals surface area contributed by atoms with E-state index in [-0.39, 0.29) is 24.3 Å². The largest absolute Gasteiger partial charge is 0.369 e. The first-order chi connectivity index (χ1) is 10.1. The number of nitrogens with zero attached hydrogens (tertiary/aromatic N) is 1. The van der Waals surface area contributed by atoms with Gasteiger partial charge in [0.05, 0.1) is 12.5 Å².